The summed E-state index contributed by atoms with van der Waals surface area (Å²) >= 11 is 3.58. The molecule has 0 bridgehead atoms. The first kappa shape index (κ1) is 13.5. The molecule has 1 atom stereocenters. The van der Waals surface area contributed by atoms with E-state index in [0.29, 0.717) is 4.83 Å². The molecule has 0 radical (unpaired) electrons. The second-order valence-electron chi connectivity index (χ2n) is 4.80. The number of nitrogens with zero attached hydrogens (tertiary/aromatic N) is 2. The van der Waals surface area contributed by atoms with Crippen LogP contribution in [0.25, 0.3) is 10.9 Å². The number of rotatable bonds is 5. The summed E-state index contributed by atoms with van der Waals surface area (Å²) in [4.78, 5) is 7.58. The van der Waals surface area contributed by atoms with Gasteiger partial charge in [0.1, 0.15) is 0 Å². The minimum Gasteiger partial charge on any atom is -0.301 e. The van der Waals surface area contributed by atoms with Gasteiger partial charge in [-0.25, -0.2) is 0 Å². The van der Waals surface area contributed by atoms with Crippen molar-refractivity contribution in [3.63, 3.8) is 0 Å². The van der Waals surface area contributed by atoms with Gasteiger partial charge in [0.25, 0.3) is 0 Å². The third kappa shape index (κ3) is 3.79. The van der Waals surface area contributed by atoms with Gasteiger partial charge in [0.2, 0.25) is 0 Å². The summed E-state index contributed by atoms with van der Waals surface area (Å²) in [6.45, 7) is 4.17. The van der Waals surface area contributed by atoms with Gasteiger partial charge in [-0.1, -0.05) is 47.1 Å². The van der Waals surface area contributed by atoms with E-state index >= 15 is 0 Å². The third-order valence-electron chi connectivity index (χ3n) is 3.00. The van der Waals surface area contributed by atoms with E-state index in [1.54, 1.807) is 0 Å². The summed E-state index contributed by atoms with van der Waals surface area (Å²) in [5, 5.41) is 1.21. The fraction of sp³-hybridized carbons (Fsp3) is 0.400. The number of alkyl halides is 1. The molecule has 0 N–H and O–H groups in total. The molecular formula is C15H19BrN2. The first-order valence-corrected chi connectivity index (χ1v) is 7.24. The van der Waals surface area contributed by atoms with Crippen LogP contribution in [0.2, 0.25) is 0 Å². The third-order valence-corrected chi connectivity index (χ3v) is 3.45. The normalized spacial score (nSPS) is 13.1. The van der Waals surface area contributed by atoms with Crippen molar-refractivity contribution in [1.29, 1.82) is 0 Å². The molecule has 0 saturated carbocycles. The van der Waals surface area contributed by atoms with Crippen LogP contribution in [0.15, 0.2) is 36.4 Å². The second-order valence-corrected chi connectivity index (χ2v) is 6.37. The van der Waals surface area contributed by atoms with Crippen LogP contribution in [0.5, 0.6) is 0 Å². The second kappa shape index (κ2) is 6.30. The molecule has 1 aromatic carbocycles. The molecule has 2 nitrogen and oxygen atoms in total. The van der Waals surface area contributed by atoms with E-state index in [-0.39, 0.29) is 0 Å². The van der Waals surface area contributed by atoms with Gasteiger partial charge in [-0.15, -0.1) is 0 Å². The summed E-state index contributed by atoms with van der Waals surface area (Å²) < 4.78 is 0. The summed E-state index contributed by atoms with van der Waals surface area (Å²) in [5.74, 6) is 0. The van der Waals surface area contributed by atoms with Crippen LogP contribution in [-0.4, -0.2) is 28.3 Å². The number of hydrogen-bond acceptors (Lipinski definition) is 2. The molecule has 0 aliphatic carbocycles. The summed E-state index contributed by atoms with van der Waals surface area (Å²) in [6, 6.07) is 12.5. The molecule has 1 unspecified atom stereocenters. The lowest BCUT2D eigenvalue weighted by atomic mass is 10.2. The van der Waals surface area contributed by atoms with Crippen LogP contribution in [0.1, 0.15) is 19.0 Å². The standard InChI is InChI=1S/C15H19BrN2/c1-12(16)9-10-18(2)11-14-8-7-13-5-3-4-6-15(13)17-14/h3-8,12H,9-11H2,1-2H3. The van der Waals surface area contributed by atoms with Gasteiger partial charge in [0, 0.05) is 16.8 Å². The Morgan fingerprint density at radius 2 is 2.00 bits per heavy atom. The maximum atomic E-state index is 4.69. The molecule has 0 amide bonds. The van der Waals surface area contributed by atoms with Crippen molar-refractivity contribution in [2.45, 2.75) is 24.7 Å². The van der Waals surface area contributed by atoms with E-state index in [1.165, 1.54) is 5.39 Å². The maximum absolute atomic E-state index is 4.69. The fourth-order valence-electron chi connectivity index (χ4n) is 1.95. The topological polar surface area (TPSA) is 16.1 Å². The van der Waals surface area contributed by atoms with Gasteiger partial charge in [-0.05, 0) is 32.1 Å². The molecule has 0 aliphatic heterocycles. The highest BCUT2D eigenvalue weighted by molar-refractivity contribution is 9.09. The van der Waals surface area contributed by atoms with Crippen molar-refractivity contribution in [2.75, 3.05) is 13.6 Å². The Morgan fingerprint density at radius 1 is 1.22 bits per heavy atom. The number of para-hydroxylation sites is 1. The predicted octanol–water partition coefficient (Wildman–Crippen LogP) is 3.84. The van der Waals surface area contributed by atoms with E-state index in [9.17, 15) is 0 Å². The predicted molar refractivity (Wildman–Crippen MR) is 81.1 cm³/mol. The van der Waals surface area contributed by atoms with Crippen molar-refractivity contribution < 1.29 is 0 Å². The Kier molecular flexibility index (Phi) is 4.72. The lowest BCUT2D eigenvalue weighted by molar-refractivity contribution is 0.319. The van der Waals surface area contributed by atoms with Gasteiger partial charge >= 0.3 is 0 Å². The lowest BCUT2D eigenvalue weighted by Crippen LogP contribution is -2.21. The molecular weight excluding hydrogens is 288 g/mol. The molecule has 1 heterocycles. The highest BCUT2D eigenvalue weighted by Gasteiger charge is 2.04. The zero-order valence-electron chi connectivity index (χ0n) is 10.9. The van der Waals surface area contributed by atoms with Crippen molar-refractivity contribution in [3.8, 4) is 0 Å². The molecule has 96 valence electrons. The molecule has 0 spiro atoms. The van der Waals surface area contributed by atoms with E-state index < -0.39 is 0 Å². The average molecular weight is 307 g/mol. The number of fused-ring (bicyclic) bond motifs is 1. The first-order chi connectivity index (χ1) is 8.65. The van der Waals surface area contributed by atoms with Crippen LogP contribution >= 0.6 is 15.9 Å². The van der Waals surface area contributed by atoms with Gasteiger partial charge in [-0.3, -0.25) is 4.98 Å². The van der Waals surface area contributed by atoms with Gasteiger partial charge in [-0.2, -0.15) is 0 Å². The minimum absolute atomic E-state index is 0.574. The van der Waals surface area contributed by atoms with Crippen LogP contribution in [0.4, 0.5) is 0 Å². The van der Waals surface area contributed by atoms with E-state index in [2.05, 4.69) is 64.1 Å². The molecule has 2 rings (SSSR count). The highest BCUT2D eigenvalue weighted by Crippen LogP contribution is 2.13. The average Bonchev–Trinajstić information content (AvgIpc) is 2.36. The van der Waals surface area contributed by atoms with Crippen LogP contribution in [-0.2, 0) is 6.54 Å². The Morgan fingerprint density at radius 3 is 2.78 bits per heavy atom. The summed E-state index contributed by atoms with van der Waals surface area (Å²) in [6.07, 6.45) is 1.16. The van der Waals surface area contributed by atoms with Crippen LogP contribution in [0.3, 0.4) is 0 Å². The van der Waals surface area contributed by atoms with E-state index in [4.69, 9.17) is 0 Å². The SMILES string of the molecule is CC(Br)CCN(C)Cc1ccc2ccccc2n1. The van der Waals surface area contributed by atoms with Crippen LogP contribution in [0, 0.1) is 0 Å². The number of aromatic nitrogens is 1. The summed E-state index contributed by atoms with van der Waals surface area (Å²) in [5.41, 5.74) is 2.22. The first-order valence-electron chi connectivity index (χ1n) is 6.32. The lowest BCUT2D eigenvalue weighted by Gasteiger charge is -2.17. The quantitative estimate of drug-likeness (QED) is 0.780. The van der Waals surface area contributed by atoms with Crippen molar-refractivity contribution in [3.05, 3.63) is 42.1 Å². The largest absolute Gasteiger partial charge is 0.301 e. The Bertz CT molecular complexity index is 511. The summed E-state index contributed by atoms with van der Waals surface area (Å²) in [7, 11) is 2.15. The number of hydrogen-bond donors (Lipinski definition) is 0. The van der Waals surface area contributed by atoms with Crippen LogP contribution < -0.4 is 0 Å². The molecule has 2 aromatic rings. The molecule has 0 aliphatic rings. The van der Waals surface area contributed by atoms with E-state index in [1.807, 2.05) is 12.1 Å². The molecule has 18 heavy (non-hydrogen) atoms. The van der Waals surface area contributed by atoms with E-state index in [0.717, 1.165) is 30.7 Å². The highest BCUT2D eigenvalue weighted by atomic mass is 79.9. The van der Waals surface area contributed by atoms with Crippen molar-refractivity contribution >= 4 is 26.8 Å². The van der Waals surface area contributed by atoms with Gasteiger partial charge < -0.3 is 4.90 Å². The zero-order chi connectivity index (χ0) is 13.0. The maximum Gasteiger partial charge on any atom is 0.0705 e. The number of benzene rings is 1. The Hall–Kier alpha value is -0.930. The zero-order valence-corrected chi connectivity index (χ0v) is 12.5. The molecule has 0 fully saturated rings. The fourth-order valence-corrected chi connectivity index (χ4v) is 2.15. The molecule has 3 heteroatoms. The van der Waals surface area contributed by atoms with Gasteiger partial charge in [0.05, 0.1) is 11.2 Å². The minimum atomic E-state index is 0.574. The molecule has 1 aromatic heterocycles. The number of pyridine rings is 1. The van der Waals surface area contributed by atoms with Gasteiger partial charge in [0.15, 0.2) is 0 Å². The van der Waals surface area contributed by atoms with Crippen molar-refractivity contribution in [2.24, 2.45) is 0 Å². The smallest absolute Gasteiger partial charge is 0.0705 e. The molecule has 0 saturated heterocycles. The van der Waals surface area contributed by atoms with Crippen molar-refractivity contribution in [1.82, 2.24) is 9.88 Å². The Balaban J connectivity index is 2.03. The Labute approximate surface area is 117 Å². The number of halogens is 1. The monoisotopic (exact) mass is 306 g/mol.